The van der Waals surface area contributed by atoms with Crippen LogP contribution in [0.4, 0.5) is 0 Å². The van der Waals surface area contributed by atoms with E-state index in [1.807, 2.05) is 0 Å². The summed E-state index contributed by atoms with van der Waals surface area (Å²) in [6, 6.07) is 12.4. The molecule has 23 heavy (non-hydrogen) atoms. The summed E-state index contributed by atoms with van der Waals surface area (Å²) in [5.74, 6) is -0.717. The smallest absolute Gasteiger partial charge is 0.262 e. The van der Waals surface area contributed by atoms with Gasteiger partial charge in [-0.1, -0.05) is 24.3 Å². The van der Waals surface area contributed by atoms with Crippen molar-refractivity contribution in [3.8, 4) is 0 Å². The maximum atomic E-state index is 12.5. The number of nitrogens with zero attached hydrogens (tertiary/aromatic N) is 1. The van der Waals surface area contributed by atoms with Crippen LogP contribution in [0, 0.1) is 0 Å². The van der Waals surface area contributed by atoms with Gasteiger partial charge in [-0.25, -0.2) is 8.42 Å². The fraction of sp³-hybridized carbons (Fsp3) is 0.176. The largest absolute Gasteiger partial charge is 0.269 e. The van der Waals surface area contributed by atoms with E-state index in [2.05, 4.69) is 0 Å². The molecule has 0 saturated carbocycles. The van der Waals surface area contributed by atoms with Gasteiger partial charge in [-0.3, -0.25) is 14.5 Å². The molecule has 0 fully saturated rings. The molecule has 0 N–H and O–H groups in total. The van der Waals surface area contributed by atoms with Crippen molar-refractivity contribution in [1.29, 1.82) is 0 Å². The van der Waals surface area contributed by atoms with Gasteiger partial charge in [-0.15, -0.1) is 0 Å². The summed E-state index contributed by atoms with van der Waals surface area (Å²) in [5, 5.41) is 0. The zero-order chi connectivity index (χ0) is 16.8. The van der Waals surface area contributed by atoms with Gasteiger partial charge in [-0.2, -0.15) is 0 Å². The first kappa shape index (κ1) is 15.4. The molecule has 0 aliphatic carbocycles. The molecular formula is C17H15NO4S. The number of sulfone groups is 1. The van der Waals surface area contributed by atoms with Crippen LogP contribution >= 0.6 is 0 Å². The highest BCUT2D eigenvalue weighted by Crippen LogP contribution is 2.31. The maximum Gasteiger partial charge on any atom is 0.262 e. The molecule has 6 heteroatoms. The Balaban J connectivity index is 2.01. The zero-order valence-electron chi connectivity index (χ0n) is 12.7. The van der Waals surface area contributed by atoms with Gasteiger partial charge in [0.25, 0.3) is 11.8 Å². The first-order chi connectivity index (χ1) is 10.8. The normalized spacial score (nSPS) is 15.7. The van der Waals surface area contributed by atoms with Gasteiger partial charge < -0.3 is 0 Å². The van der Waals surface area contributed by atoms with Crippen molar-refractivity contribution in [3.05, 3.63) is 65.2 Å². The lowest BCUT2D eigenvalue weighted by atomic mass is 10.1. The Labute approximate surface area is 134 Å². The zero-order valence-corrected chi connectivity index (χ0v) is 13.5. The Kier molecular flexibility index (Phi) is 3.56. The SMILES string of the molecule is CC(c1cccc(S(C)(=O)=O)c1)N1C(=O)c2ccccc2C1=O. The van der Waals surface area contributed by atoms with E-state index in [0.717, 1.165) is 6.26 Å². The van der Waals surface area contributed by atoms with Crippen molar-refractivity contribution in [2.75, 3.05) is 6.26 Å². The van der Waals surface area contributed by atoms with E-state index in [-0.39, 0.29) is 16.7 Å². The van der Waals surface area contributed by atoms with Crippen molar-refractivity contribution in [2.24, 2.45) is 0 Å². The molecule has 1 atom stereocenters. The van der Waals surface area contributed by atoms with Crippen molar-refractivity contribution in [2.45, 2.75) is 17.9 Å². The topological polar surface area (TPSA) is 71.5 Å². The summed E-state index contributed by atoms with van der Waals surface area (Å²) >= 11 is 0. The lowest BCUT2D eigenvalue weighted by Gasteiger charge is -2.23. The van der Waals surface area contributed by atoms with E-state index < -0.39 is 15.9 Å². The average molecular weight is 329 g/mol. The second kappa shape index (κ2) is 5.31. The number of hydrogen-bond acceptors (Lipinski definition) is 4. The van der Waals surface area contributed by atoms with Gasteiger partial charge in [0.1, 0.15) is 0 Å². The van der Waals surface area contributed by atoms with Crippen LogP contribution in [0.2, 0.25) is 0 Å². The molecule has 0 bridgehead atoms. The number of carbonyl (C=O) groups excluding carboxylic acids is 2. The highest BCUT2D eigenvalue weighted by atomic mass is 32.2. The van der Waals surface area contributed by atoms with E-state index >= 15 is 0 Å². The molecule has 1 unspecified atom stereocenters. The third-order valence-electron chi connectivity index (χ3n) is 3.98. The summed E-state index contributed by atoms with van der Waals surface area (Å²) in [5.41, 5.74) is 1.36. The van der Waals surface area contributed by atoms with Gasteiger partial charge in [0.15, 0.2) is 9.84 Å². The van der Waals surface area contributed by atoms with Crippen molar-refractivity contribution in [1.82, 2.24) is 4.90 Å². The minimum atomic E-state index is -3.35. The molecule has 118 valence electrons. The monoisotopic (exact) mass is 329 g/mol. The van der Waals surface area contributed by atoms with Gasteiger partial charge >= 0.3 is 0 Å². The van der Waals surface area contributed by atoms with Gasteiger partial charge in [0, 0.05) is 6.26 Å². The summed E-state index contributed by atoms with van der Waals surface area (Å²) in [4.78, 5) is 26.3. The third-order valence-corrected chi connectivity index (χ3v) is 5.09. The number of benzene rings is 2. The molecule has 1 heterocycles. The van der Waals surface area contributed by atoms with Crippen molar-refractivity contribution < 1.29 is 18.0 Å². The molecular weight excluding hydrogens is 314 g/mol. The van der Waals surface area contributed by atoms with E-state index in [1.165, 1.54) is 17.0 Å². The van der Waals surface area contributed by atoms with Gasteiger partial charge in [0.05, 0.1) is 22.1 Å². The Morgan fingerprint density at radius 2 is 1.48 bits per heavy atom. The second-order valence-corrected chi connectivity index (χ2v) is 7.56. The number of amides is 2. The minimum absolute atomic E-state index is 0.165. The molecule has 0 saturated heterocycles. The molecule has 3 rings (SSSR count). The van der Waals surface area contributed by atoms with Crippen molar-refractivity contribution >= 4 is 21.7 Å². The number of rotatable bonds is 3. The summed E-state index contributed by atoms with van der Waals surface area (Å²) in [7, 11) is -3.35. The minimum Gasteiger partial charge on any atom is -0.269 e. The van der Waals surface area contributed by atoms with Gasteiger partial charge in [-0.05, 0) is 36.8 Å². The fourth-order valence-electron chi connectivity index (χ4n) is 2.71. The van der Waals surface area contributed by atoms with E-state index in [9.17, 15) is 18.0 Å². The van der Waals surface area contributed by atoms with Crippen LogP contribution < -0.4 is 0 Å². The number of carbonyl (C=O) groups is 2. The third kappa shape index (κ3) is 2.55. The predicted octanol–water partition coefficient (Wildman–Crippen LogP) is 2.45. The van der Waals surface area contributed by atoms with Crippen LogP contribution in [0.25, 0.3) is 0 Å². The number of imide groups is 1. The summed E-state index contributed by atoms with van der Waals surface area (Å²) in [6.45, 7) is 1.71. The van der Waals surface area contributed by atoms with E-state index in [4.69, 9.17) is 0 Å². The van der Waals surface area contributed by atoms with Crippen LogP contribution in [-0.2, 0) is 9.84 Å². The van der Waals surface area contributed by atoms with Crippen molar-refractivity contribution in [3.63, 3.8) is 0 Å². The quantitative estimate of drug-likeness (QED) is 0.811. The Morgan fingerprint density at radius 3 is 2.00 bits per heavy atom. The molecule has 2 aromatic rings. The molecule has 0 aromatic heterocycles. The molecule has 2 amide bonds. The van der Waals surface area contributed by atoms with Crippen LogP contribution in [-0.4, -0.2) is 31.4 Å². The van der Waals surface area contributed by atoms with Crippen LogP contribution in [0.15, 0.2) is 53.4 Å². The lowest BCUT2D eigenvalue weighted by molar-refractivity contribution is 0.0595. The highest BCUT2D eigenvalue weighted by molar-refractivity contribution is 7.90. The lowest BCUT2D eigenvalue weighted by Crippen LogP contribution is -2.32. The van der Waals surface area contributed by atoms with E-state index in [0.29, 0.717) is 16.7 Å². The number of fused-ring (bicyclic) bond motifs is 1. The molecule has 1 aliphatic heterocycles. The molecule has 0 radical (unpaired) electrons. The first-order valence-electron chi connectivity index (χ1n) is 7.07. The summed E-state index contributed by atoms with van der Waals surface area (Å²) < 4.78 is 23.4. The highest BCUT2D eigenvalue weighted by Gasteiger charge is 2.38. The van der Waals surface area contributed by atoms with E-state index in [1.54, 1.807) is 43.3 Å². The molecule has 0 spiro atoms. The molecule has 2 aromatic carbocycles. The van der Waals surface area contributed by atoms with Crippen LogP contribution in [0.1, 0.15) is 39.2 Å². The molecule has 5 nitrogen and oxygen atoms in total. The Hall–Kier alpha value is -2.47. The maximum absolute atomic E-state index is 12.5. The Morgan fingerprint density at radius 1 is 0.913 bits per heavy atom. The number of hydrogen-bond donors (Lipinski definition) is 0. The molecule has 1 aliphatic rings. The fourth-order valence-corrected chi connectivity index (χ4v) is 3.39. The summed E-state index contributed by atoms with van der Waals surface area (Å²) in [6.07, 6.45) is 1.12. The standard InChI is InChI=1S/C17H15NO4S/c1-11(12-6-5-7-13(10-12)23(2,21)22)18-16(19)14-8-3-4-9-15(14)17(18)20/h3-11H,1-2H3. The first-order valence-corrected chi connectivity index (χ1v) is 8.97. The van der Waals surface area contributed by atoms with Crippen LogP contribution in [0.5, 0.6) is 0 Å². The average Bonchev–Trinajstić information content (AvgIpc) is 2.78. The predicted molar refractivity (Wildman–Crippen MR) is 84.9 cm³/mol. The Bertz CT molecular complexity index is 883. The second-order valence-electron chi connectivity index (χ2n) is 5.55. The van der Waals surface area contributed by atoms with Gasteiger partial charge in [0.2, 0.25) is 0 Å². The van der Waals surface area contributed by atoms with Crippen LogP contribution in [0.3, 0.4) is 0 Å².